The van der Waals surface area contributed by atoms with Gasteiger partial charge in [-0.05, 0) is 31.9 Å². The van der Waals surface area contributed by atoms with Crippen molar-refractivity contribution in [1.82, 2.24) is 20.0 Å². The molecule has 0 saturated carbocycles. The Labute approximate surface area is 208 Å². The third-order valence-corrected chi connectivity index (χ3v) is 6.75. The van der Waals surface area contributed by atoms with Crippen LogP contribution in [0.5, 0.6) is 0 Å². The summed E-state index contributed by atoms with van der Waals surface area (Å²) < 4.78 is 5.47. The van der Waals surface area contributed by atoms with Gasteiger partial charge >= 0.3 is 12.0 Å². The van der Waals surface area contributed by atoms with Crippen LogP contribution in [0.15, 0.2) is 65.9 Å². The standard InChI is InChI=1S/C28H36N4O3/c1-4-32-24(20-31-17-15-30(16-18-31)19-22-13-11-21(3)12-14-22)25(27(33)35-5-2)26(29-28(32)34)23-9-7-6-8-10-23/h6-14,26H,4-5,15-20H2,1-3H3,(H,29,34). The number of nitrogens with zero attached hydrogens (tertiary/aromatic N) is 3. The Hall–Kier alpha value is -3.16. The van der Waals surface area contributed by atoms with Crippen molar-refractivity contribution in [1.29, 1.82) is 0 Å². The predicted molar refractivity (Wildman–Crippen MR) is 137 cm³/mol. The van der Waals surface area contributed by atoms with Crippen LogP contribution in [0, 0.1) is 6.92 Å². The Morgan fingerprint density at radius 3 is 2.17 bits per heavy atom. The average molecular weight is 477 g/mol. The number of hydrogen-bond donors (Lipinski definition) is 1. The molecule has 186 valence electrons. The lowest BCUT2D eigenvalue weighted by Crippen LogP contribution is -2.53. The second-order valence-electron chi connectivity index (χ2n) is 9.16. The molecule has 1 saturated heterocycles. The lowest BCUT2D eigenvalue weighted by atomic mass is 9.94. The number of hydrogen-bond acceptors (Lipinski definition) is 5. The van der Waals surface area contributed by atoms with E-state index in [0.717, 1.165) is 44.0 Å². The molecule has 0 aliphatic carbocycles. The number of ether oxygens (including phenoxy) is 1. The van der Waals surface area contributed by atoms with Gasteiger partial charge in [0.15, 0.2) is 0 Å². The summed E-state index contributed by atoms with van der Waals surface area (Å²) in [7, 11) is 0. The highest BCUT2D eigenvalue weighted by Gasteiger charge is 2.38. The largest absolute Gasteiger partial charge is 0.463 e. The fourth-order valence-electron chi connectivity index (χ4n) is 4.82. The molecule has 0 radical (unpaired) electrons. The summed E-state index contributed by atoms with van der Waals surface area (Å²) in [4.78, 5) is 32.7. The van der Waals surface area contributed by atoms with Gasteiger partial charge in [-0.2, -0.15) is 0 Å². The summed E-state index contributed by atoms with van der Waals surface area (Å²) in [5.41, 5.74) is 4.75. The quantitative estimate of drug-likeness (QED) is 0.589. The van der Waals surface area contributed by atoms with Crippen molar-refractivity contribution in [2.45, 2.75) is 33.4 Å². The number of piperazine rings is 1. The third-order valence-electron chi connectivity index (χ3n) is 6.75. The highest BCUT2D eigenvalue weighted by molar-refractivity contribution is 5.95. The SMILES string of the molecule is CCOC(=O)C1=C(CN2CCN(Cc3ccc(C)cc3)CC2)N(CC)C(=O)NC1c1ccccc1. The predicted octanol–water partition coefficient (Wildman–Crippen LogP) is 3.72. The maximum Gasteiger partial charge on any atom is 0.338 e. The Morgan fingerprint density at radius 2 is 1.57 bits per heavy atom. The van der Waals surface area contributed by atoms with Crippen molar-refractivity contribution in [2.75, 3.05) is 45.9 Å². The van der Waals surface area contributed by atoms with E-state index in [9.17, 15) is 9.59 Å². The molecule has 1 fully saturated rings. The van der Waals surface area contributed by atoms with Gasteiger partial charge in [0, 0.05) is 51.5 Å². The first kappa shape index (κ1) is 24.9. The molecule has 7 nitrogen and oxygen atoms in total. The summed E-state index contributed by atoms with van der Waals surface area (Å²) in [5.74, 6) is -0.368. The Kier molecular flexibility index (Phi) is 8.21. The van der Waals surface area contributed by atoms with E-state index < -0.39 is 6.04 Å². The van der Waals surface area contributed by atoms with Crippen LogP contribution in [0.3, 0.4) is 0 Å². The van der Waals surface area contributed by atoms with Gasteiger partial charge in [-0.15, -0.1) is 0 Å². The molecule has 0 spiro atoms. The van der Waals surface area contributed by atoms with Crippen LogP contribution >= 0.6 is 0 Å². The molecule has 1 unspecified atom stereocenters. The first-order chi connectivity index (χ1) is 17.0. The summed E-state index contributed by atoms with van der Waals surface area (Å²) >= 11 is 0. The number of urea groups is 1. The van der Waals surface area contributed by atoms with E-state index in [1.807, 2.05) is 44.2 Å². The molecule has 2 amide bonds. The van der Waals surface area contributed by atoms with Gasteiger partial charge in [-0.1, -0.05) is 60.2 Å². The fraction of sp³-hybridized carbons (Fsp3) is 0.429. The molecular weight excluding hydrogens is 440 g/mol. The van der Waals surface area contributed by atoms with Crippen molar-refractivity contribution < 1.29 is 14.3 Å². The molecule has 2 aliphatic rings. The smallest absolute Gasteiger partial charge is 0.338 e. The zero-order valence-electron chi connectivity index (χ0n) is 21.0. The summed E-state index contributed by atoms with van der Waals surface area (Å²) in [5, 5.41) is 3.03. The molecule has 35 heavy (non-hydrogen) atoms. The molecule has 2 aromatic carbocycles. The van der Waals surface area contributed by atoms with E-state index in [1.54, 1.807) is 4.90 Å². The number of likely N-dealkylation sites (N-methyl/N-ethyl adjacent to an activating group) is 1. The van der Waals surface area contributed by atoms with Crippen LogP contribution in [0.2, 0.25) is 0 Å². The van der Waals surface area contributed by atoms with E-state index in [1.165, 1.54) is 11.1 Å². The number of rotatable bonds is 8. The van der Waals surface area contributed by atoms with Crippen molar-refractivity contribution in [3.8, 4) is 0 Å². The highest BCUT2D eigenvalue weighted by Crippen LogP contribution is 2.32. The second-order valence-corrected chi connectivity index (χ2v) is 9.16. The molecule has 0 aromatic heterocycles. The summed E-state index contributed by atoms with van der Waals surface area (Å²) in [6.45, 7) is 11.7. The first-order valence-electron chi connectivity index (χ1n) is 12.5. The third kappa shape index (κ3) is 5.92. The van der Waals surface area contributed by atoms with E-state index >= 15 is 0 Å². The van der Waals surface area contributed by atoms with Crippen molar-refractivity contribution in [3.05, 3.63) is 82.6 Å². The van der Waals surface area contributed by atoms with Crippen LogP contribution in [0.1, 0.15) is 36.6 Å². The first-order valence-corrected chi connectivity index (χ1v) is 12.5. The number of aryl methyl sites for hydroxylation is 1. The van der Waals surface area contributed by atoms with E-state index in [2.05, 4.69) is 46.3 Å². The van der Waals surface area contributed by atoms with Crippen molar-refractivity contribution in [3.63, 3.8) is 0 Å². The van der Waals surface area contributed by atoms with Crippen LogP contribution in [0.25, 0.3) is 0 Å². The van der Waals surface area contributed by atoms with Crippen LogP contribution in [0.4, 0.5) is 4.79 Å². The molecule has 2 aliphatic heterocycles. The number of carbonyl (C=O) groups is 2. The summed E-state index contributed by atoms with van der Waals surface area (Å²) in [6.07, 6.45) is 0. The second kappa shape index (κ2) is 11.5. The van der Waals surface area contributed by atoms with Crippen molar-refractivity contribution in [2.24, 2.45) is 0 Å². The fourth-order valence-corrected chi connectivity index (χ4v) is 4.82. The molecule has 1 N–H and O–H groups in total. The number of nitrogens with one attached hydrogen (secondary N) is 1. The van der Waals surface area contributed by atoms with Gasteiger partial charge < -0.3 is 10.1 Å². The molecular formula is C28H36N4O3. The van der Waals surface area contributed by atoms with Crippen molar-refractivity contribution >= 4 is 12.0 Å². The van der Waals surface area contributed by atoms with Gasteiger partial charge in [-0.3, -0.25) is 14.7 Å². The zero-order valence-corrected chi connectivity index (χ0v) is 21.0. The van der Waals surface area contributed by atoms with Crippen LogP contribution in [-0.2, 0) is 16.1 Å². The number of esters is 1. The minimum atomic E-state index is -0.525. The Morgan fingerprint density at radius 1 is 0.943 bits per heavy atom. The molecule has 0 bridgehead atoms. The highest BCUT2D eigenvalue weighted by atomic mass is 16.5. The molecule has 7 heteroatoms. The lowest BCUT2D eigenvalue weighted by Gasteiger charge is -2.40. The van der Waals surface area contributed by atoms with E-state index in [4.69, 9.17) is 4.74 Å². The maximum absolute atomic E-state index is 13.2. The van der Waals surface area contributed by atoms with Gasteiger partial charge in [-0.25, -0.2) is 9.59 Å². The molecule has 4 rings (SSSR count). The normalized spacial score (nSPS) is 19.6. The van der Waals surface area contributed by atoms with Crippen LogP contribution < -0.4 is 5.32 Å². The zero-order chi connectivity index (χ0) is 24.8. The number of benzene rings is 2. The maximum atomic E-state index is 13.2. The number of amides is 2. The Balaban J connectivity index is 1.55. The Bertz CT molecular complexity index is 1040. The number of carbonyl (C=O) groups excluding carboxylic acids is 2. The monoisotopic (exact) mass is 476 g/mol. The van der Waals surface area contributed by atoms with Gasteiger partial charge in [0.2, 0.25) is 0 Å². The van der Waals surface area contributed by atoms with Crippen LogP contribution in [-0.4, -0.2) is 72.6 Å². The molecule has 2 aromatic rings. The minimum Gasteiger partial charge on any atom is -0.463 e. The summed E-state index contributed by atoms with van der Waals surface area (Å²) in [6, 6.07) is 17.6. The topological polar surface area (TPSA) is 65.1 Å². The lowest BCUT2D eigenvalue weighted by molar-refractivity contribution is -0.139. The average Bonchev–Trinajstić information content (AvgIpc) is 2.87. The van der Waals surface area contributed by atoms with Gasteiger partial charge in [0.1, 0.15) is 0 Å². The van der Waals surface area contributed by atoms with E-state index in [0.29, 0.717) is 18.7 Å². The minimum absolute atomic E-state index is 0.178. The van der Waals surface area contributed by atoms with E-state index in [-0.39, 0.29) is 18.6 Å². The molecule has 2 heterocycles. The van der Waals surface area contributed by atoms with Gasteiger partial charge in [0.25, 0.3) is 0 Å². The van der Waals surface area contributed by atoms with Gasteiger partial charge in [0.05, 0.1) is 18.2 Å². The molecule has 1 atom stereocenters.